The third kappa shape index (κ3) is 3.10. The van der Waals surface area contributed by atoms with Crippen molar-refractivity contribution in [2.75, 3.05) is 6.61 Å². The third-order valence-corrected chi connectivity index (χ3v) is 2.58. The molecule has 1 aromatic carbocycles. The molecule has 0 spiro atoms. The zero-order chi connectivity index (χ0) is 13.0. The Morgan fingerprint density at radius 3 is 2.53 bits per heavy atom. The van der Waals surface area contributed by atoms with Crippen molar-refractivity contribution >= 4 is 5.91 Å². The van der Waals surface area contributed by atoms with E-state index in [0.29, 0.717) is 0 Å². The first kappa shape index (κ1) is 13.3. The van der Waals surface area contributed by atoms with Gasteiger partial charge in [-0.15, -0.1) is 0 Å². The number of amides is 1. The van der Waals surface area contributed by atoms with Crippen LogP contribution in [0.2, 0.25) is 0 Å². The van der Waals surface area contributed by atoms with Crippen LogP contribution in [0.4, 0.5) is 0 Å². The molecule has 17 heavy (non-hydrogen) atoms. The molecule has 0 saturated heterocycles. The van der Waals surface area contributed by atoms with Crippen LogP contribution >= 0.6 is 0 Å². The normalized spacial score (nSPS) is 12.5. The topological polar surface area (TPSA) is 89.8 Å². The fourth-order valence-corrected chi connectivity index (χ4v) is 1.38. The molecule has 0 unspecified atom stereocenters. The molecule has 0 saturated carbocycles. The quantitative estimate of drug-likeness (QED) is 0.586. The summed E-state index contributed by atoms with van der Waals surface area (Å²) in [6.07, 6.45) is 0. The van der Waals surface area contributed by atoms with E-state index in [9.17, 15) is 15.0 Å². The van der Waals surface area contributed by atoms with Gasteiger partial charge in [-0.2, -0.15) is 0 Å². The smallest absolute Gasteiger partial charge is 0.255 e. The highest BCUT2D eigenvalue weighted by atomic mass is 16.3. The highest BCUT2D eigenvalue weighted by molar-refractivity contribution is 5.97. The van der Waals surface area contributed by atoms with Gasteiger partial charge in [-0.25, -0.2) is 0 Å². The van der Waals surface area contributed by atoms with Gasteiger partial charge in [0.25, 0.3) is 5.91 Å². The minimum Gasteiger partial charge on any atom is -0.504 e. The van der Waals surface area contributed by atoms with Gasteiger partial charge < -0.3 is 20.6 Å². The van der Waals surface area contributed by atoms with E-state index in [1.165, 1.54) is 18.2 Å². The highest BCUT2D eigenvalue weighted by Crippen LogP contribution is 2.28. The van der Waals surface area contributed by atoms with E-state index < -0.39 is 11.7 Å². The number of carbonyl (C=O) groups is 1. The molecule has 1 atom stereocenters. The second-order valence-electron chi connectivity index (χ2n) is 4.18. The van der Waals surface area contributed by atoms with E-state index in [4.69, 9.17) is 5.11 Å². The maximum atomic E-state index is 11.8. The van der Waals surface area contributed by atoms with Crippen molar-refractivity contribution in [3.8, 4) is 11.5 Å². The Balaban J connectivity index is 2.86. The van der Waals surface area contributed by atoms with Crippen LogP contribution in [0, 0.1) is 5.92 Å². The molecule has 5 heteroatoms. The summed E-state index contributed by atoms with van der Waals surface area (Å²) in [5, 5.41) is 30.5. The van der Waals surface area contributed by atoms with Gasteiger partial charge in [0.1, 0.15) is 0 Å². The number of phenols is 2. The number of benzene rings is 1. The molecule has 0 bridgehead atoms. The third-order valence-electron chi connectivity index (χ3n) is 2.58. The van der Waals surface area contributed by atoms with Crippen molar-refractivity contribution in [2.24, 2.45) is 5.92 Å². The maximum Gasteiger partial charge on any atom is 0.255 e. The van der Waals surface area contributed by atoms with E-state index >= 15 is 0 Å². The van der Waals surface area contributed by atoms with Crippen LogP contribution in [0.15, 0.2) is 18.2 Å². The Morgan fingerprint density at radius 2 is 2.00 bits per heavy atom. The summed E-state index contributed by atoms with van der Waals surface area (Å²) in [5.74, 6) is -1.25. The number of phenolic OH excluding ortho intramolecular Hbond substituents is 2. The van der Waals surface area contributed by atoms with Gasteiger partial charge in [-0.3, -0.25) is 4.79 Å². The molecule has 0 aliphatic rings. The lowest BCUT2D eigenvalue weighted by Crippen LogP contribution is -2.41. The number of carbonyl (C=O) groups excluding carboxylic acids is 1. The molecule has 5 nitrogen and oxygen atoms in total. The van der Waals surface area contributed by atoms with Gasteiger partial charge >= 0.3 is 0 Å². The number of aromatic hydroxyl groups is 2. The first-order chi connectivity index (χ1) is 7.97. The second kappa shape index (κ2) is 5.54. The second-order valence-corrected chi connectivity index (χ2v) is 4.18. The molecule has 94 valence electrons. The van der Waals surface area contributed by atoms with Gasteiger partial charge in [0.2, 0.25) is 0 Å². The minimum atomic E-state index is -0.522. The van der Waals surface area contributed by atoms with Gasteiger partial charge in [0, 0.05) is 0 Å². The van der Waals surface area contributed by atoms with E-state index in [2.05, 4.69) is 5.32 Å². The summed E-state index contributed by atoms with van der Waals surface area (Å²) in [6, 6.07) is 3.77. The largest absolute Gasteiger partial charge is 0.504 e. The summed E-state index contributed by atoms with van der Waals surface area (Å²) in [7, 11) is 0. The number of rotatable bonds is 4. The zero-order valence-corrected chi connectivity index (χ0v) is 9.84. The lowest BCUT2D eigenvalue weighted by Gasteiger charge is -2.20. The van der Waals surface area contributed by atoms with E-state index in [1.807, 2.05) is 13.8 Å². The van der Waals surface area contributed by atoms with Crippen molar-refractivity contribution in [3.05, 3.63) is 23.8 Å². The number of aliphatic hydroxyl groups is 1. The Morgan fingerprint density at radius 1 is 1.35 bits per heavy atom. The van der Waals surface area contributed by atoms with E-state index in [1.54, 1.807) is 0 Å². The Kier molecular flexibility index (Phi) is 4.34. The van der Waals surface area contributed by atoms with Crippen LogP contribution in [0.1, 0.15) is 24.2 Å². The number of nitrogens with one attached hydrogen (secondary N) is 1. The summed E-state index contributed by atoms with van der Waals surface area (Å²) < 4.78 is 0. The van der Waals surface area contributed by atoms with Crippen LogP contribution in [-0.4, -0.2) is 33.9 Å². The number of aliphatic hydroxyl groups excluding tert-OH is 1. The predicted octanol–water partition coefficient (Wildman–Crippen LogP) is 0.844. The lowest BCUT2D eigenvalue weighted by molar-refractivity contribution is 0.0893. The van der Waals surface area contributed by atoms with Gasteiger partial charge in [-0.05, 0) is 18.1 Å². The first-order valence-corrected chi connectivity index (χ1v) is 5.40. The molecule has 1 aromatic rings. The van der Waals surface area contributed by atoms with Crippen molar-refractivity contribution in [2.45, 2.75) is 19.9 Å². The molecule has 0 aliphatic carbocycles. The molecule has 0 aromatic heterocycles. The molecule has 4 N–H and O–H groups in total. The van der Waals surface area contributed by atoms with Gasteiger partial charge in [0.15, 0.2) is 11.5 Å². The standard InChI is InChI=1S/C12H17NO4/c1-7(2)9(6-14)13-12(17)8-4-3-5-10(15)11(8)16/h3-5,7,9,14-16H,6H2,1-2H3,(H,13,17)/t9-/m1/s1. The fraction of sp³-hybridized carbons (Fsp3) is 0.417. The fourth-order valence-electron chi connectivity index (χ4n) is 1.38. The van der Waals surface area contributed by atoms with Crippen molar-refractivity contribution in [1.29, 1.82) is 0 Å². The van der Waals surface area contributed by atoms with Gasteiger partial charge in [-0.1, -0.05) is 19.9 Å². The van der Waals surface area contributed by atoms with Crippen molar-refractivity contribution in [3.63, 3.8) is 0 Å². The molecule has 1 rings (SSSR count). The van der Waals surface area contributed by atoms with Crippen LogP contribution in [-0.2, 0) is 0 Å². The summed E-state index contributed by atoms with van der Waals surface area (Å²) in [6.45, 7) is 3.55. The number of hydrogen-bond donors (Lipinski definition) is 4. The molecule has 1 amide bonds. The average Bonchev–Trinajstić information content (AvgIpc) is 2.28. The summed E-state index contributed by atoms with van der Waals surface area (Å²) in [5.41, 5.74) is -0.0101. The van der Waals surface area contributed by atoms with Crippen LogP contribution < -0.4 is 5.32 Å². The highest BCUT2D eigenvalue weighted by Gasteiger charge is 2.19. The molecule has 0 aliphatic heterocycles. The van der Waals surface area contributed by atoms with Crippen molar-refractivity contribution in [1.82, 2.24) is 5.32 Å². The summed E-state index contributed by atoms with van der Waals surface area (Å²) >= 11 is 0. The van der Waals surface area contributed by atoms with Crippen molar-refractivity contribution < 1.29 is 20.1 Å². The predicted molar refractivity (Wildman–Crippen MR) is 62.9 cm³/mol. The van der Waals surface area contributed by atoms with Crippen LogP contribution in [0.25, 0.3) is 0 Å². The van der Waals surface area contributed by atoms with Gasteiger partial charge in [0.05, 0.1) is 18.2 Å². The van der Waals surface area contributed by atoms with E-state index in [-0.39, 0.29) is 29.9 Å². The Bertz CT molecular complexity index is 403. The SMILES string of the molecule is CC(C)[C@@H](CO)NC(=O)c1cccc(O)c1O. The first-order valence-electron chi connectivity index (χ1n) is 5.40. The molecular formula is C12H17NO4. The molecular weight excluding hydrogens is 222 g/mol. The number of para-hydroxylation sites is 1. The zero-order valence-electron chi connectivity index (χ0n) is 9.84. The van der Waals surface area contributed by atoms with Crippen LogP contribution in [0.5, 0.6) is 11.5 Å². The average molecular weight is 239 g/mol. The summed E-state index contributed by atoms with van der Waals surface area (Å²) in [4.78, 5) is 11.8. The molecule has 0 heterocycles. The van der Waals surface area contributed by atoms with Crippen LogP contribution in [0.3, 0.4) is 0 Å². The Labute approximate surface area is 99.7 Å². The maximum absolute atomic E-state index is 11.8. The minimum absolute atomic E-state index is 0.0101. The lowest BCUT2D eigenvalue weighted by atomic mass is 10.0. The number of hydrogen-bond acceptors (Lipinski definition) is 4. The monoisotopic (exact) mass is 239 g/mol. The molecule has 0 fully saturated rings. The van der Waals surface area contributed by atoms with E-state index in [0.717, 1.165) is 0 Å². The Hall–Kier alpha value is -1.75. The molecule has 0 radical (unpaired) electrons.